The lowest BCUT2D eigenvalue weighted by atomic mass is 10.6. The Bertz CT molecular complexity index is 255. The van der Waals surface area contributed by atoms with Crippen LogP contribution in [0.1, 0.15) is 5.82 Å². The van der Waals surface area contributed by atoms with E-state index in [4.69, 9.17) is 11.5 Å². The summed E-state index contributed by atoms with van der Waals surface area (Å²) in [5.74, 6) is 0.0599. The summed E-state index contributed by atoms with van der Waals surface area (Å²) in [6.45, 7) is 0.318. The second kappa shape index (κ2) is 3.11. The smallest absolute Gasteiger partial charge is 0.239 e. The van der Waals surface area contributed by atoms with Gasteiger partial charge in [-0.25, -0.2) is 9.67 Å². The SMILES string of the molecule is NCc1ncn(CC(N)=O)n1. The van der Waals surface area contributed by atoms with E-state index < -0.39 is 5.91 Å². The molecule has 1 aromatic heterocycles. The Labute approximate surface area is 63.2 Å². The van der Waals surface area contributed by atoms with E-state index in [1.807, 2.05) is 0 Å². The van der Waals surface area contributed by atoms with Gasteiger partial charge in [-0.1, -0.05) is 0 Å². The van der Waals surface area contributed by atoms with E-state index >= 15 is 0 Å². The summed E-state index contributed by atoms with van der Waals surface area (Å²) in [4.78, 5) is 14.2. The predicted octanol–water partition coefficient (Wildman–Crippen LogP) is -1.78. The number of hydrogen-bond acceptors (Lipinski definition) is 4. The summed E-state index contributed by atoms with van der Waals surface area (Å²) >= 11 is 0. The first kappa shape index (κ1) is 7.67. The molecule has 1 rings (SSSR count). The highest BCUT2D eigenvalue weighted by Crippen LogP contribution is 1.86. The predicted molar refractivity (Wildman–Crippen MR) is 37.1 cm³/mol. The molecule has 0 saturated carbocycles. The van der Waals surface area contributed by atoms with Gasteiger partial charge in [0.15, 0.2) is 5.82 Å². The van der Waals surface area contributed by atoms with Gasteiger partial charge in [0.05, 0.1) is 6.54 Å². The molecule has 6 heteroatoms. The molecule has 1 heterocycles. The Morgan fingerprint density at radius 1 is 1.73 bits per heavy atom. The summed E-state index contributed by atoms with van der Waals surface area (Å²) < 4.78 is 1.35. The fourth-order valence-electron chi connectivity index (χ4n) is 0.663. The van der Waals surface area contributed by atoms with Crippen molar-refractivity contribution in [2.24, 2.45) is 11.5 Å². The summed E-state index contributed by atoms with van der Waals surface area (Å²) in [5.41, 5.74) is 10.2. The number of amides is 1. The van der Waals surface area contributed by atoms with Gasteiger partial charge in [-0.15, -0.1) is 0 Å². The van der Waals surface area contributed by atoms with Crippen molar-refractivity contribution in [3.05, 3.63) is 12.2 Å². The number of carbonyl (C=O) groups excluding carboxylic acids is 1. The van der Waals surface area contributed by atoms with Crippen molar-refractivity contribution in [1.82, 2.24) is 14.8 Å². The molecule has 0 unspecified atom stereocenters. The zero-order chi connectivity index (χ0) is 8.27. The van der Waals surface area contributed by atoms with Crippen molar-refractivity contribution < 1.29 is 4.79 Å². The number of hydrogen-bond donors (Lipinski definition) is 2. The van der Waals surface area contributed by atoms with Crippen LogP contribution in [-0.2, 0) is 17.9 Å². The Morgan fingerprint density at radius 3 is 2.91 bits per heavy atom. The maximum absolute atomic E-state index is 10.4. The molecule has 1 amide bonds. The number of aromatic nitrogens is 3. The molecule has 0 saturated heterocycles. The minimum absolute atomic E-state index is 0.0486. The minimum atomic E-state index is -0.446. The first-order valence-electron chi connectivity index (χ1n) is 3.09. The topological polar surface area (TPSA) is 99.8 Å². The van der Waals surface area contributed by atoms with Crippen molar-refractivity contribution in [1.29, 1.82) is 0 Å². The van der Waals surface area contributed by atoms with Crippen LogP contribution in [0.25, 0.3) is 0 Å². The second-order valence-electron chi connectivity index (χ2n) is 2.03. The van der Waals surface area contributed by atoms with Crippen LogP contribution in [0.5, 0.6) is 0 Å². The van der Waals surface area contributed by atoms with E-state index in [2.05, 4.69) is 10.1 Å². The van der Waals surface area contributed by atoms with E-state index in [1.165, 1.54) is 11.0 Å². The van der Waals surface area contributed by atoms with E-state index in [0.29, 0.717) is 5.82 Å². The minimum Gasteiger partial charge on any atom is -0.368 e. The molecule has 0 aliphatic rings. The monoisotopic (exact) mass is 155 g/mol. The van der Waals surface area contributed by atoms with Crippen molar-refractivity contribution in [2.75, 3.05) is 0 Å². The molecule has 0 fully saturated rings. The molecule has 0 aliphatic carbocycles. The maximum atomic E-state index is 10.4. The highest BCUT2D eigenvalue weighted by Gasteiger charge is 1.99. The number of nitrogens with two attached hydrogens (primary N) is 2. The first-order valence-corrected chi connectivity index (χ1v) is 3.09. The lowest BCUT2D eigenvalue weighted by Crippen LogP contribution is -2.19. The number of rotatable bonds is 3. The maximum Gasteiger partial charge on any atom is 0.239 e. The van der Waals surface area contributed by atoms with Gasteiger partial charge in [0.2, 0.25) is 5.91 Å². The molecular weight excluding hydrogens is 146 g/mol. The second-order valence-corrected chi connectivity index (χ2v) is 2.03. The van der Waals surface area contributed by atoms with E-state index in [1.54, 1.807) is 0 Å². The van der Waals surface area contributed by atoms with Crippen LogP contribution in [0.2, 0.25) is 0 Å². The van der Waals surface area contributed by atoms with Crippen LogP contribution < -0.4 is 11.5 Å². The van der Waals surface area contributed by atoms with E-state index in [-0.39, 0.29) is 13.1 Å². The third-order valence-electron chi connectivity index (χ3n) is 1.08. The van der Waals surface area contributed by atoms with Gasteiger partial charge in [-0.05, 0) is 0 Å². The van der Waals surface area contributed by atoms with Gasteiger partial charge < -0.3 is 11.5 Å². The van der Waals surface area contributed by atoms with Gasteiger partial charge >= 0.3 is 0 Å². The fraction of sp³-hybridized carbons (Fsp3) is 0.400. The lowest BCUT2D eigenvalue weighted by molar-refractivity contribution is -0.118. The van der Waals surface area contributed by atoms with Crippen molar-refractivity contribution >= 4 is 5.91 Å². The third kappa shape index (κ3) is 2.01. The van der Waals surface area contributed by atoms with Crippen LogP contribution in [0.3, 0.4) is 0 Å². The highest BCUT2D eigenvalue weighted by molar-refractivity contribution is 5.73. The van der Waals surface area contributed by atoms with Crippen LogP contribution in [0, 0.1) is 0 Å². The zero-order valence-electron chi connectivity index (χ0n) is 5.90. The number of nitrogens with zero attached hydrogens (tertiary/aromatic N) is 3. The van der Waals surface area contributed by atoms with Crippen molar-refractivity contribution in [3.8, 4) is 0 Å². The Hall–Kier alpha value is -1.43. The average molecular weight is 155 g/mol. The molecule has 0 aliphatic heterocycles. The first-order chi connectivity index (χ1) is 5.22. The third-order valence-corrected chi connectivity index (χ3v) is 1.08. The van der Waals surface area contributed by atoms with Gasteiger partial charge in [0.1, 0.15) is 12.9 Å². The van der Waals surface area contributed by atoms with Gasteiger partial charge in [-0.2, -0.15) is 5.10 Å². The summed E-state index contributed by atoms with van der Waals surface area (Å²) in [6, 6.07) is 0. The van der Waals surface area contributed by atoms with Gasteiger partial charge in [0.25, 0.3) is 0 Å². The molecule has 4 N–H and O–H groups in total. The summed E-state index contributed by atoms with van der Waals surface area (Å²) in [6.07, 6.45) is 1.42. The Morgan fingerprint density at radius 2 is 2.45 bits per heavy atom. The fourth-order valence-corrected chi connectivity index (χ4v) is 0.663. The average Bonchev–Trinajstić information content (AvgIpc) is 2.34. The molecule has 60 valence electrons. The number of primary amides is 1. The van der Waals surface area contributed by atoms with Crippen LogP contribution >= 0.6 is 0 Å². The van der Waals surface area contributed by atoms with Crippen LogP contribution in [-0.4, -0.2) is 20.7 Å². The Balaban J connectivity index is 2.65. The lowest BCUT2D eigenvalue weighted by Gasteiger charge is -1.92. The van der Waals surface area contributed by atoms with E-state index in [0.717, 1.165) is 0 Å². The highest BCUT2D eigenvalue weighted by atomic mass is 16.1. The molecular formula is C5H9N5O. The van der Waals surface area contributed by atoms with Gasteiger partial charge in [0, 0.05) is 0 Å². The molecule has 0 bridgehead atoms. The van der Waals surface area contributed by atoms with Gasteiger partial charge in [-0.3, -0.25) is 4.79 Å². The molecule has 6 nitrogen and oxygen atoms in total. The van der Waals surface area contributed by atoms with E-state index in [9.17, 15) is 4.79 Å². The Kier molecular flexibility index (Phi) is 2.17. The normalized spacial score (nSPS) is 9.91. The largest absolute Gasteiger partial charge is 0.368 e. The molecule has 0 radical (unpaired) electrons. The molecule has 11 heavy (non-hydrogen) atoms. The molecule has 0 spiro atoms. The quantitative estimate of drug-likeness (QED) is 0.539. The molecule has 1 aromatic rings. The summed E-state index contributed by atoms with van der Waals surface area (Å²) in [7, 11) is 0. The van der Waals surface area contributed by atoms with Crippen molar-refractivity contribution in [2.45, 2.75) is 13.1 Å². The van der Waals surface area contributed by atoms with Crippen molar-refractivity contribution in [3.63, 3.8) is 0 Å². The molecule has 0 aromatic carbocycles. The zero-order valence-corrected chi connectivity index (χ0v) is 5.90. The molecule has 0 atom stereocenters. The standard InChI is InChI=1S/C5H9N5O/c6-1-5-8-3-10(9-5)2-4(7)11/h3H,1-2,6H2,(H2,7,11). The van der Waals surface area contributed by atoms with Crippen LogP contribution in [0.4, 0.5) is 0 Å². The summed E-state index contributed by atoms with van der Waals surface area (Å²) in [5, 5.41) is 3.85. The van der Waals surface area contributed by atoms with Crippen LogP contribution in [0.15, 0.2) is 6.33 Å². The number of carbonyl (C=O) groups is 1.